The topological polar surface area (TPSA) is 73.8 Å². The number of benzene rings is 1. The number of aromatic nitrogens is 3. The molecule has 5 nitrogen and oxygen atoms in total. The Kier molecular flexibility index (Phi) is 3.72. The number of primary amides is 1. The number of nitrogens with two attached hydrogens (primary N) is 1. The van der Waals surface area contributed by atoms with Crippen LogP contribution in [-0.4, -0.2) is 20.9 Å². The van der Waals surface area contributed by atoms with Crippen molar-refractivity contribution in [1.82, 2.24) is 15.0 Å². The van der Waals surface area contributed by atoms with E-state index >= 15 is 0 Å². The van der Waals surface area contributed by atoms with Crippen LogP contribution in [0, 0.1) is 6.92 Å². The van der Waals surface area contributed by atoms with Gasteiger partial charge in [-0.3, -0.25) is 9.48 Å². The molecule has 5 heteroatoms. The van der Waals surface area contributed by atoms with Gasteiger partial charge in [-0.2, -0.15) is 0 Å². The van der Waals surface area contributed by atoms with Crippen LogP contribution in [0.25, 0.3) is 0 Å². The Bertz CT molecular complexity index is 530. The molecule has 18 heavy (non-hydrogen) atoms. The summed E-state index contributed by atoms with van der Waals surface area (Å²) in [4.78, 5) is 10.8. The minimum Gasteiger partial charge on any atom is -0.364 e. The zero-order valence-electron chi connectivity index (χ0n) is 10.3. The molecule has 2 N–H and O–H groups in total. The predicted molar refractivity (Wildman–Crippen MR) is 68.0 cm³/mol. The Morgan fingerprint density at radius 1 is 1.33 bits per heavy atom. The lowest BCUT2D eigenvalue weighted by atomic mass is 10.1. The summed E-state index contributed by atoms with van der Waals surface area (Å²) in [5, 5.41) is 7.54. The number of rotatable bonds is 5. The zero-order chi connectivity index (χ0) is 13.0. The maximum atomic E-state index is 10.8. The molecule has 1 heterocycles. The predicted octanol–water partition coefficient (Wildman–Crippen LogP) is 1.32. The number of carbonyl (C=O) groups excluding carboxylic acids is 1. The van der Waals surface area contributed by atoms with Gasteiger partial charge in [-0.05, 0) is 25.3 Å². The highest BCUT2D eigenvalue weighted by Gasteiger charge is 2.05. The molecule has 1 aromatic carbocycles. The summed E-state index contributed by atoms with van der Waals surface area (Å²) in [6, 6.07) is 8.48. The van der Waals surface area contributed by atoms with Crippen molar-refractivity contribution in [2.75, 3.05) is 0 Å². The fourth-order valence-corrected chi connectivity index (χ4v) is 1.72. The smallest absolute Gasteiger partial charge is 0.270 e. The molecular weight excluding hydrogens is 228 g/mol. The average molecular weight is 244 g/mol. The largest absolute Gasteiger partial charge is 0.364 e. The highest BCUT2D eigenvalue weighted by Crippen LogP contribution is 2.06. The van der Waals surface area contributed by atoms with E-state index in [0.29, 0.717) is 0 Å². The minimum absolute atomic E-state index is 0.213. The first-order chi connectivity index (χ1) is 8.65. The van der Waals surface area contributed by atoms with Crippen LogP contribution < -0.4 is 5.73 Å². The molecule has 0 unspecified atom stereocenters. The van der Waals surface area contributed by atoms with E-state index in [9.17, 15) is 4.79 Å². The first-order valence-corrected chi connectivity index (χ1v) is 5.90. The van der Waals surface area contributed by atoms with Crippen LogP contribution >= 0.6 is 0 Å². The molecular formula is C13H16N4O. The van der Waals surface area contributed by atoms with Crippen molar-refractivity contribution in [3.8, 4) is 0 Å². The van der Waals surface area contributed by atoms with Gasteiger partial charge in [0, 0.05) is 6.54 Å². The highest BCUT2D eigenvalue weighted by molar-refractivity contribution is 5.90. The van der Waals surface area contributed by atoms with Crippen LogP contribution in [0.2, 0.25) is 0 Å². The van der Waals surface area contributed by atoms with Crippen LogP contribution in [-0.2, 0) is 13.0 Å². The van der Waals surface area contributed by atoms with E-state index in [4.69, 9.17) is 5.73 Å². The van der Waals surface area contributed by atoms with E-state index in [2.05, 4.69) is 41.5 Å². The van der Waals surface area contributed by atoms with E-state index in [1.165, 1.54) is 11.1 Å². The number of hydrogen-bond donors (Lipinski definition) is 1. The third-order valence-corrected chi connectivity index (χ3v) is 2.76. The molecule has 0 fully saturated rings. The molecule has 0 aliphatic heterocycles. The molecule has 0 atom stereocenters. The van der Waals surface area contributed by atoms with Crippen LogP contribution in [0.1, 0.15) is 28.0 Å². The molecule has 1 amide bonds. The molecule has 94 valence electrons. The average Bonchev–Trinajstić information content (AvgIpc) is 2.81. The van der Waals surface area contributed by atoms with Gasteiger partial charge in [-0.1, -0.05) is 35.0 Å². The van der Waals surface area contributed by atoms with Crippen LogP contribution in [0.5, 0.6) is 0 Å². The molecule has 0 radical (unpaired) electrons. The van der Waals surface area contributed by atoms with Crippen LogP contribution in [0.15, 0.2) is 30.5 Å². The number of amides is 1. The lowest BCUT2D eigenvalue weighted by molar-refractivity contribution is 0.0995. The van der Waals surface area contributed by atoms with E-state index < -0.39 is 5.91 Å². The van der Waals surface area contributed by atoms with Crippen molar-refractivity contribution in [3.63, 3.8) is 0 Å². The summed E-state index contributed by atoms with van der Waals surface area (Å²) < 4.78 is 1.65. The number of carbonyl (C=O) groups is 1. The van der Waals surface area contributed by atoms with Crippen molar-refractivity contribution in [2.24, 2.45) is 5.73 Å². The Hall–Kier alpha value is -2.17. The molecule has 0 aliphatic rings. The van der Waals surface area contributed by atoms with Crippen molar-refractivity contribution in [1.29, 1.82) is 0 Å². The second-order valence-electron chi connectivity index (χ2n) is 4.32. The number of aryl methyl sites for hydroxylation is 3. The van der Waals surface area contributed by atoms with Gasteiger partial charge in [0.1, 0.15) is 0 Å². The first kappa shape index (κ1) is 12.3. The third-order valence-electron chi connectivity index (χ3n) is 2.76. The maximum absolute atomic E-state index is 10.8. The van der Waals surface area contributed by atoms with Gasteiger partial charge in [-0.25, -0.2) is 0 Å². The van der Waals surface area contributed by atoms with Gasteiger partial charge in [0.25, 0.3) is 5.91 Å². The molecule has 0 saturated heterocycles. The Labute approximate surface area is 106 Å². The number of hydrogen-bond acceptors (Lipinski definition) is 3. The van der Waals surface area contributed by atoms with E-state index in [1.54, 1.807) is 10.9 Å². The summed E-state index contributed by atoms with van der Waals surface area (Å²) in [5.74, 6) is -0.542. The molecule has 0 saturated carbocycles. The normalized spacial score (nSPS) is 10.5. The SMILES string of the molecule is Cc1ccc(CCCn2cc(C(N)=O)nn2)cc1. The summed E-state index contributed by atoms with van der Waals surface area (Å²) >= 11 is 0. The van der Waals surface area contributed by atoms with Gasteiger partial charge < -0.3 is 5.73 Å². The van der Waals surface area contributed by atoms with E-state index in [0.717, 1.165) is 19.4 Å². The van der Waals surface area contributed by atoms with Gasteiger partial charge >= 0.3 is 0 Å². The van der Waals surface area contributed by atoms with Gasteiger partial charge in [0.05, 0.1) is 6.20 Å². The fraction of sp³-hybridized carbons (Fsp3) is 0.308. The molecule has 0 aliphatic carbocycles. The summed E-state index contributed by atoms with van der Waals surface area (Å²) in [6.07, 6.45) is 3.51. The second-order valence-corrected chi connectivity index (χ2v) is 4.32. The molecule has 0 bridgehead atoms. The van der Waals surface area contributed by atoms with Crippen molar-refractivity contribution in [2.45, 2.75) is 26.3 Å². The Balaban J connectivity index is 1.84. The first-order valence-electron chi connectivity index (χ1n) is 5.90. The lowest BCUT2D eigenvalue weighted by Gasteiger charge is -2.02. The summed E-state index contributed by atoms with van der Waals surface area (Å²) in [7, 11) is 0. The standard InChI is InChI=1S/C13H16N4O/c1-10-4-6-11(7-5-10)3-2-8-17-9-12(13(14)18)15-16-17/h4-7,9H,2-3,8H2,1H3,(H2,14,18). The van der Waals surface area contributed by atoms with Gasteiger partial charge in [-0.15, -0.1) is 5.10 Å². The van der Waals surface area contributed by atoms with Crippen molar-refractivity contribution >= 4 is 5.91 Å². The van der Waals surface area contributed by atoms with Crippen molar-refractivity contribution in [3.05, 3.63) is 47.3 Å². The van der Waals surface area contributed by atoms with Crippen LogP contribution in [0.4, 0.5) is 0 Å². The monoisotopic (exact) mass is 244 g/mol. The Morgan fingerprint density at radius 3 is 2.67 bits per heavy atom. The van der Waals surface area contributed by atoms with E-state index in [-0.39, 0.29) is 5.69 Å². The maximum Gasteiger partial charge on any atom is 0.270 e. The van der Waals surface area contributed by atoms with Gasteiger partial charge in [0.2, 0.25) is 0 Å². The number of nitrogens with zero attached hydrogens (tertiary/aromatic N) is 3. The zero-order valence-corrected chi connectivity index (χ0v) is 10.3. The van der Waals surface area contributed by atoms with E-state index in [1.807, 2.05) is 0 Å². The fourth-order valence-electron chi connectivity index (χ4n) is 1.72. The summed E-state index contributed by atoms with van der Waals surface area (Å²) in [6.45, 7) is 2.80. The lowest BCUT2D eigenvalue weighted by Crippen LogP contribution is -2.11. The quantitative estimate of drug-likeness (QED) is 0.862. The van der Waals surface area contributed by atoms with Gasteiger partial charge in [0.15, 0.2) is 5.69 Å². The third kappa shape index (κ3) is 3.16. The molecule has 2 rings (SSSR count). The van der Waals surface area contributed by atoms with Crippen LogP contribution in [0.3, 0.4) is 0 Å². The second kappa shape index (κ2) is 5.44. The Morgan fingerprint density at radius 2 is 2.06 bits per heavy atom. The van der Waals surface area contributed by atoms with Crippen molar-refractivity contribution < 1.29 is 4.79 Å². The minimum atomic E-state index is -0.542. The molecule has 2 aromatic rings. The molecule has 1 aromatic heterocycles. The highest BCUT2D eigenvalue weighted by atomic mass is 16.1. The molecule has 0 spiro atoms. The summed E-state index contributed by atoms with van der Waals surface area (Å²) in [5.41, 5.74) is 7.89.